The van der Waals surface area contributed by atoms with Crippen LogP contribution in [0.15, 0.2) is 12.4 Å². The topological polar surface area (TPSA) is 71.5 Å². The zero-order valence-electron chi connectivity index (χ0n) is 14.7. The summed E-state index contributed by atoms with van der Waals surface area (Å²) in [5.41, 5.74) is 0.199. The monoisotopic (exact) mass is 379 g/mol. The fourth-order valence-corrected chi connectivity index (χ4v) is 3.78. The third-order valence-electron chi connectivity index (χ3n) is 4.64. The molecule has 2 saturated heterocycles. The van der Waals surface area contributed by atoms with Gasteiger partial charge >= 0.3 is 6.09 Å². The van der Waals surface area contributed by atoms with Gasteiger partial charge in [-0.25, -0.2) is 24.1 Å². The van der Waals surface area contributed by atoms with E-state index in [1.165, 1.54) is 12.4 Å². The molecule has 4 heterocycles. The van der Waals surface area contributed by atoms with E-state index in [0.717, 1.165) is 6.42 Å². The molecule has 4 rings (SSSR count). The number of carbonyl (C=O) groups is 1. The number of halogens is 2. The molecule has 0 N–H and O–H groups in total. The van der Waals surface area contributed by atoms with E-state index >= 15 is 0 Å². The molecule has 2 bridgehead atoms. The highest BCUT2D eigenvalue weighted by molar-refractivity contribution is 6.33. The predicted molar refractivity (Wildman–Crippen MR) is 94.8 cm³/mol. The first-order chi connectivity index (χ1) is 12.2. The van der Waals surface area contributed by atoms with Crippen LogP contribution in [0.2, 0.25) is 5.15 Å². The highest BCUT2D eigenvalue weighted by Crippen LogP contribution is 2.36. The van der Waals surface area contributed by atoms with E-state index < -0.39 is 11.4 Å². The lowest BCUT2D eigenvalue weighted by Crippen LogP contribution is -2.50. The average Bonchev–Trinajstić information content (AvgIpc) is 3.13. The molecule has 2 aliphatic rings. The number of hydrogen-bond acceptors (Lipinski definition) is 6. The lowest BCUT2D eigenvalue weighted by atomic mass is 10.2. The minimum atomic E-state index is -0.540. The normalized spacial score (nSPS) is 22.3. The van der Waals surface area contributed by atoms with Gasteiger partial charge in [-0.3, -0.25) is 0 Å². The summed E-state index contributed by atoms with van der Waals surface area (Å²) in [6.07, 6.45) is 1.72. The Morgan fingerprint density at radius 2 is 2.08 bits per heavy atom. The van der Waals surface area contributed by atoms with E-state index in [1.807, 2.05) is 25.7 Å². The predicted octanol–water partition coefficient (Wildman–Crippen LogP) is 3.02. The van der Waals surface area contributed by atoms with Crippen molar-refractivity contribution >= 4 is 34.5 Å². The number of ether oxygens (including phenoxy) is 1. The van der Waals surface area contributed by atoms with E-state index in [9.17, 15) is 9.18 Å². The highest BCUT2D eigenvalue weighted by Gasteiger charge is 2.47. The number of pyridine rings is 1. The van der Waals surface area contributed by atoms with Crippen LogP contribution < -0.4 is 4.90 Å². The molecule has 2 aromatic rings. The molecule has 1 amide bonds. The van der Waals surface area contributed by atoms with Gasteiger partial charge in [-0.2, -0.15) is 0 Å². The van der Waals surface area contributed by atoms with Crippen LogP contribution in [0.1, 0.15) is 27.2 Å². The first-order valence-electron chi connectivity index (χ1n) is 8.46. The van der Waals surface area contributed by atoms with Crippen LogP contribution in [0.5, 0.6) is 0 Å². The van der Waals surface area contributed by atoms with Crippen molar-refractivity contribution in [3.8, 4) is 0 Å². The number of likely N-dealkylation sites (tertiary alicyclic amines) is 1. The van der Waals surface area contributed by atoms with Gasteiger partial charge in [-0.05, 0) is 27.2 Å². The second kappa shape index (κ2) is 5.90. The van der Waals surface area contributed by atoms with Gasteiger partial charge in [0, 0.05) is 19.2 Å². The van der Waals surface area contributed by atoms with Gasteiger partial charge in [0.25, 0.3) is 0 Å². The lowest BCUT2D eigenvalue weighted by molar-refractivity contribution is 0.0214. The maximum Gasteiger partial charge on any atom is 0.410 e. The quantitative estimate of drug-likeness (QED) is 0.709. The summed E-state index contributed by atoms with van der Waals surface area (Å²) in [7, 11) is 0. The molecule has 0 saturated carbocycles. The summed E-state index contributed by atoms with van der Waals surface area (Å²) in [6.45, 7) is 6.51. The molecule has 2 fully saturated rings. The number of rotatable bonds is 1. The molecule has 2 atom stereocenters. The maximum atomic E-state index is 14.6. The minimum absolute atomic E-state index is 0.00428. The summed E-state index contributed by atoms with van der Waals surface area (Å²) in [6, 6.07) is 1.30. The summed E-state index contributed by atoms with van der Waals surface area (Å²) in [5.74, 6) is -0.228. The average molecular weight is 380 g/mol. The van der Waals surface area contributed by atoms with Crippen molar-refractivity contribution in [3.63, 3.8) is 0 Å². The Morgan fingerprint density at radius 3 is 2.73 bits per heavy atom. The largest absolute Gasteiger partial charge is 0.444 e. The Labute approximate surface area is 155 Å². The molecule has 2 aromatic heterocycles. The summed E-state index contributed by atoms with van der Waals surface area (Å²) in [4.78, 5) is 28.2. The summed E-state index contributed by atoms with van der Waals surface area (Å²) >= 11 is 6.07. The van der Waals surface area contributed by atoms with Crippen LogP contribution in [0, 0.1) is 5.82 Å². The molecule has 138 valence electrons. The first-order valence-corrected chi connectivity index (χ1v) is 8.84. The zero-order valence-corrected chi connectivity index (χ0v) is 15.5. The van der Waals surface area contributed by atoms with Crippen molar-refractivity contribution in [1.29, 1.82) is 0 Å². The molecule has 0 spiro atoms. The Balaban J connectivity index is 1.58. The lowest BCUT2D eigenvalue weighted by Gasteiger charge is -2.35. The SMILES string of the molecule is CC(C)(C)OC(=O)N1C[C@@H]2C[C@H]1CN2c1nc2c(Cl)ncnc2cc1F. The number of anilines is 1. The molecule has 7 nitrogen and oxygen atoms in total. The zero-order chi connectivity index (χ0) is 18.6. The standard InChI is InChI=1S/C17H19ClFN5O2/c1-17(2,3)26-16(25)24-7-9-4-10(24)6-23(9)15-11(19)5-12-13(22-15)14(18)21-8-20-12/h5,8-10H,4,6-7H2,1-3H3/t9-,10-/m0/s1. The molecular weight excluding hydrogens is 361 g/mol. The van der Waals surface area contributed by atoms with Gasteiger partial charge in [-0.15, -0.1) is 0 Å². The minimum Gasteiger partial charge on any atom is -0.444 e. The van der Waals surface area contributed by atoms with Crippen molar-refractivity contribution in [2.75, 3.05) is 18.0 Å². The first kappa shape index (κ1) is 17.2. The molecule has 26 heavy (non-hydrogen) atoms. The second-order valence-electron chi connectivity index (χ2n) is 7.65. The van der Waals surface area contributed by atoms with Crippen LogP contribution in [0.3, 0.4) is 0 Å². The van der Waals surface area contributed by atoms with E-state index in [-0.39, 0.29) is 29.1 Å². The third-order valence-corrected chi connectivity index (χ3v) is 4.92. The Morgan fingerprint density at radius 1 is 1.31 bits per heavy atom. The molecule has 0 radical (unpaired) electrons. The van der Waals surface area contributed by atoms with Crippen molar-refractivity contribution in [2.24, 2.45) is 0 Å². The van der Waals surface area contributed by atoms with Gasteiger partial charge in [0.05, 0.1) is 17.6 Å². The van der Waals surface area contributed by atoms with E-state index in [4.69, 9.17) is 16.3 Å². The molecule has 9 heteroatoms. The van der Waals surface area contributed by atoms with Crippen LogP contribution in [-0.4, -0.2) is 56.7 Å². The highest BCUT2D eigenvalue weighted by atomic mass is 35.5. The van der Waals surface area contributed by atoms with Crippen molar-refractivity contribution in [3.05, 3.63) is 23.4 Å². The second-order valence-corrected chi connectivity index (χ2v) is 8.01. The molecule has 0 unspecified atom stereocenters. The molecule has 0 aliphatic carbocycles. The fourth-order valence-electron chi connectivity index (χ4n) is 3.59. The third kappa shape index (κ3) is 2.92. The van der Waals surface area contributed by atoms with Gasteiger partial charge in [0.2, 0.25) is 0 Å². The Bertz CT molecular complexity index is 887. The number of hydrogen-bond donors (Lipinski definition) is 0. The van der Waals surface area contributed by atoms with Crippen LogP contribution in [0.25, 0.3) is 11.0 Å². The van der Waals surface area contributed by atoms with Gasteiger partial charge in [0.1, 0.15) is 17.4 Å². The van der Waals surface area contributed by atoms with E-state index in [1.54, 1.807) is 4.90 Å². The fraction of sp³-hybridized carbons (Fsp3) is 0.529. The van der Waals surface area contributed by atoms with Crippen LogP contribution in [-0.2, 0) is 4.74 Å². The van der Waals surface area contributed by atoms with E-state index in [2.05, 4.69) is 15.0 Å². The molecule has 0 aromatic carbocycles. The molecular formula is C17H19ClFN5O2. The van der Waals surface area contributed by atoms with Crippen LogP contribution >= 0.6 is 11.6 Å². The molecule has 2 aliphatic heterocycles. The van der Waals surface area contributed by atoms with Crippen LogP contribution in [0.4, 0.5) is 15.0 Å². The van der Waals surface area contributed by atoms with Gasteiger partial charge in [0.15, 0.2) is 16.8 Å². The van der Waals surface area contributed by atoms with Crippen molar-refractivity contribution < 1.29 is 13.9 Å². The number of amides is 1. The van der Waals surface area contributed by atoms with E-state index in [0.29, 0.717) is 24.1 Å². The Kier molecular flexibility index (Phi) is 3.91. The number of nitrogens with zero attached hydrogens (tertiary/aromatic N) is 5. The van der Waals surface area contributed by atoms with Gasteiger partial charge < -0.3 is 14.5 Å². The number of fused-ring (bicyclic) bond motifs is 3. The van der Waals surface area contributed by atoms with Gasteiger partial charge in [-0.1, -0.05) is 11.6 Å². The Hall–Kier alpha value is -2.22. The summed E-state index contributed by atoms with van der Waals surface area (Å²) in [5, 5.41) is 0.191. The van der Waals surface area contributed by atoms with Crippen molar-refractivity contribution in [1.82, 2.24) is 19.9 Å². The van der Waals surface area contributed by atoms with Crippen molar-refractivity contribution in [2.45, 2.75) is 44.9 Å². The smallest absolute Gasteiger partial charge is 0.410 e. The maximum absolute atomic E-state index is 14.6. The number of aromatic nitrogens is 3. The summed E-state index contributed by atoms with van der Waals surface area (Å²) < 4.78 is 20.1. The number of piperazine rings is 1. The number of carbonyl (C=O) groups excluding carboxylic acids is 1.